The van der Waals surface area contributed by atoms with Crippen LogP contribution in [0.3, 0.4) is 0 Å². The SMILES string of the molecule is O=C(Cc1csc(-c2ccc(F)cc2)n1)N(Cc1nnc(-c2ccccc2Cl)o1)C1CC1. The zero-order valence-electron chi connectivity index (χ0n) is 16.9. The van der Waals surface area contributed by atoms with Gasteiger partial charge in [-0.2, -0.15) is 0 Å². The molecule has 5 rings (SSSR count). The Morgan fingerprint density at radius 2 is 1.94 bits per heavy atom. The van der Waals surface area contributed by atoms with Crippen LogP contribution in [0.5, 0.6) is 0 Å². The largest absolute Gasteiger partial charge is 0.419 e. The van der Waals surface area contributed by atoms with Crippen LogP contribution in [-0.4, -0.2) is 32.0 Å². The van der Waals surface area contributed by atoms with Crippen molar-refractivity contribution in [1.82, 2.24) is 20.1 Å². The quantitative estimate of drug-likeness (QED) is 0.364. The van der Waals surface area contributed by atoms with Crippen molar-refractivity contribution in [3.8, 4) is 22.0 Å². The van der Waals surface area contributed by atoms with Crippen LogP contribution >= 0.6 is 22.9 Å². The Morgan fingerprint density at radius 3 is 2.69 bits per heavy atom. The second-order valence-electron chi connectivity index (χ2n) is 7.56. The summed E-state index contributed by atoms with van der Waals surface area (Å²) >= 11 is 7.65. The second-order valence-corrected chi connectivity index (χ2v) is 8.83. The average Bonchev–Trinajstić information content (AvgIpc) is 3.34. The van der Waals surface area contributed by atoms with Gasteiger partial charge in [0.05, 0.1) is 29.2 Å². The van der Waals surface area contributed by atoms with Crippen LogP contribution in [-0.2, 0) is 17.8 Å². The van der Waals surface area contributed by atoms with Gasteiger partial charge in [-0.25, -0.2) is 9.37 Å². The molecule has 6 nitrogen and oxygen atoms in total. The van der Waals surface area contributed by atoms with Crippen molar-refractivity contribution >= 4 is 28.8 Å². The second kappa shape index (κ2) is 8.80. The number of carbonyl (C=O) groups is 1. The van der Waals surface area contributed by atoms with E-state index < -0.39 is 0 Å². The molecule has 162 valence electrons. The molecule has 1 fully saturated rings. The summed E-state index contributed by atoms with van der Waals surface area (Å²) in [6.07, 6.45) is 2.09. The van der Waals surface area contributed by atoms with E-state index in [4.69, 9.17) is 16.0 Å². The number of rotatable bonds is 7. The molecule has 1 aliphatic carbocycles. The lowest BCUT2D eigenvalue weighted by atomic mass is 10.2. The maximum Gasteiger partial charge on any atom is 0.249 e. The highest BCUT2D eigenvalue weighted by molar-refractivity contribution is 7.13. The molecule has 1 amide bonds. The van der Waals surface area contributed by atoms with Crippen LogP contribution in [0.1, 0.15) is 24.4 Å². The fraction of sp³-hybridized carbons (Fsp3) is 0.217. The van der Waals surface area contributed by atoms with E-state index in [0.29, 0.717) is 28.1 Å². The number of amides is 1. The number of halogens is 2. The maximum absolute atomic E-state index is 13.2. The summed E-state index contributed by atoms with van der Waals surface area (Å²) in [5.41, 5.74) is 2.17. The molecule has 0 spiro atoms. The smallest absolute Gasteiger partial charge is 0.249 e. The molecule has 0 saturated heterocycles. The summed E-state index contributed by atoms with van der Waals surface area (Å²) in [5, 5.41) is 11.3. The summed E-state index contributed by atoms with van der Waals surface area (Å²) in [7, 11) is 0. The van der Waals surface area contributed by atoms with Gasteiger partial charge in [-0.05, 0) is 49.2 Å². The lowest BCUT2D eigenvalue weighted by molar-refractivity contribution is -0.132. The summed E-state index contributed by atoms with van der Waals surface area (Å²) in [5.74, 6) is 0.364. The Morgan fingerprint density at radius 1 is 1.16 bits per heavy atom. The first-order chi connectivity index (χ1) is 15.6. The van der Waals surface area contributed by atoms with Gasteiger partial charge in [0.1, 0.15) is 10.8 Å². The molecule has 0 unspecified atom stereocenters. The van der Waals surface area contributed by atoms with E-state index in [1.54, 1.807) is 23.1 Å². The molecular formula is C23H18ClFN4O2S. The zero-order valence-corrected chi connectivity index (χ0v) is 18.4. The highest BCUT2D eigenvalue weighted by Crippen LogP contribution is 2.31. The number of carbonyl (C=O) groups excluding carboxylic acids is 1. The number of hydrogen-bond donors (Lipinski definition) is 0. The topological polar surface area (TPSA) is 72.1 Å². The molecule has 2 aromatic heterocycles. The van der Waals surface area contributed by atoms with Crippen LogP contribution in [0.2, 0.25) is 5.02 Å². The lowest BCUT2D eigenvalue weighted by Crippen LogP contribution is -2.34. The first kappa shape index (κ1) is 20.8. The molecule has 0 N–H and O–H groups in total. The van der Waals surface area contributed by atoms with Crippen molar-refractivity contribution in [2.24, 2.45) is 0 Å². The van der Waals surface area contributed by atoms with Crippen LogP contribution < -0.4 is 0 Å². The van der Waals surface area contributed by atoms with Crippen molar-refractivity contribution in [2.45, 2.75) is 31.8 Å². The predicted molar refractivity (Wildman–Crippen MR) is 120 cm³/mol. The van der Waals surface area contributed by atoms with Crippen molar-refractivity contribution in [2.75, 3.05) is 0 Å². The van der Waals surface area contributed by atoms with E-state index in [1.807, 2.05) is 23.6 Å². The third-order valence-electron chi connectivity index (χ3n) is 5.16. The molecule has 4 aromatic rings. The summed E-state index contributed by atoms with van der Waals surface area (Å²) in [4.78, 5) is 19.4. The Labute approximate surface area is 192 Å². The zero-order chi connectivity index (χ0) is 22.1. The molecule has 0 radical (unpaired) electrons. The Kier molecular flexibility index (Phi) is 5.71. The Bertz CT molecular complexity index is 1250. The highest BCUT2D eigenvalue weighted by Gasteiger charge is 2.34. The summed E-state index contributed by atoms with van der Waals surface area (Å²) in [6.45, 7) is 0.246. The van der Waals surface area contributed by atoms with E-state index in [9.17, 15) is 9.18 Å². The predicted octanol–water partition coefficient (Wildman–Crippen LogP) is 5.39. The molecular weight excluding hydrogens is 451 g/mol. The normalized spacial score (nSPS) is 13.3. The third-order valence-corrected chi connectivity index (χ3v) is 6.43. The van der Waals surface area contributed by atoms with E-state index in [1.165, 1.54) is 23.5 Å². The molecule has 2 aromatic carbocycles. The van der Waals surface area contributed by atoms with Crippen LogP contribution in [0.4, 0.5) is 4.39 Å². The molecule has 1 saturated carbocycles. The Hall–Kier alpha value is -3.10. The van der Waals surface area contributed by atoms with Crippen LogP contribution in [0.15, 0.2) is 58.3 Å². The number of aromatic nitrogens is 3. The van der Waals surface area contributed by atoms with Crippen molar-refractivity contribution in [3.05, 3.63) is 76.3 Å². The fourth-order valence-corrected chi connectivity index (χ4v) is 4.43. The molecule has 1 aliphatic rings. The highest BCUT2D eigenvalue weighted by atomic mass is 35.5. The van der Waals surface area contributed by atoms with Gasteiger partial charge in [0.2, 0.25) is 17.7 Å². The van der Waals surface area contributed by atoms with Gasteiger partial charge in [-0.1, -0.05) is 23.7 Å². The monoisotopic (exact) mass is 468 g/mol. The third kappa shape index (κ3) is 4.56. The van der Waals surface area contributed by atoms with E-state index >= 15 is 0 Å². The molecule has 0 atom stereocenters. The van der Waals surface area contributed by atoms with Gasteiger partial charge in [-0.15, -0.1) is 21.5 Å². The average molecular weight is 469 g/mol. The molecule has 0 bridgehead atoms. The van der Waals surface area contributed by atoms with E-state index in [2.05, 4.69) is 15.2 Å². The lowest BCUT2D eigenvalue weighted by Gasteiger charge is -2.20. The minimum atomic E-state index is -0.292. The van der Waals surface area contributed by atoms with Gasteiger partial charge in [0, 0.05) is 17.0 Å². The van der Waals surface area contributed by atoms with Crippen molar-refractivity contribution in [3.63, 3.8) is 0 Å². The fourth-order valence-electron chi connectivity index (χ4n) is 3.38. The molecule has 9 heteroatoms. The minimum Gasteiger partial charge on any atom is -0.419 e. The van der Waals surface area contributed by atoms with Crippen LogP contribution in [0.25, 0.3) is 22.0 Å². The Balaban J connectivity index is 1.28. The standard InChI is InChI=1S/C23H18ClFN4O2S/c24-19-4-2-1-3-18(19)22-28-27-20(31-22)12-29(17-9-10-17)21(30)11-16-13-32-23(26-16)14-5-7-15(25)8-6-14/h1-8,13,17H,9-12H2. The number of hydrogen-bond acceptors (Lipinski definition) is 6. The summed E-state index contributed by atoms with van der Waals surface area (Å²) in [6, 6.07) is 13.6. The first-order valence-corrected chi connectivity index (χ1v) is 11.4. The van der Waals surface area contributed by atoms with Crippen molar-refractivity contribution in [1.29, 1.82) is 0 Å². The van der Waals surface area contributed by atoms with Crippen LogP contribution in [0, 0.1) is 5.82 Å². The number of benzene rings is 2. The van der Waals surface area contributed by atoms with E-state index in [0.717, 1.165) is 23.4 Å². The van der Waals surface area contributed by atoms with Gasteiger partial charge >= 0.3 is 0 Å². The number of thiazole rings is 1. The molecule has 32 heavy (non-hydrogen) atoms. The molecule has 0 aliphatic heterocycles. The first-order valence-electron chi connectivity index (χ1n) is 10.1. The minimum absolute atomic E-state index is 0.0408. The number of nitrogens with zero attached hydrogens (tertiary/aromatic N) is 4. The van der Waals surface area contributed by atoms with Gasteiger partial charge in [0.25, 0.3) is 0 Å². The summed E-state index contributed by atoms with van der Waals surface area (Å²) < 4.78 is 18.9. The van der Waals surface area contributed by atoms with Gasteiger partial charge in [0.15, 0.2) is 0 Å². The van der Waals surface area contributed by atoms with Gasteiger partial charge in [-0.3, -0.25) is 4.79 Å². The van der Waals surface area contributed by atoms with Gasteiger partial charge < -0.3 is 9.32 Å². The van der Waals surface area contributed by atoms with Crippen molar-refractivity contribution < 1.29 is 13.6 Å². The maximum atomic E-state index is 13.2. The van der Waals surface area contributed by atoms with E-state index in [-0.39, 0.29) is 30.7 Å². The molecule has 2 heterocycles.